The van der Waals surface area contributed by atoms with Crippen molar-refractivity contribution in [2.45, 2.75) is 51.7 Å². The summed E-state index contributed by atoms with van der Waals surface area (Å²) in [6, 6.07) is 3.16. The molecule has 0 unspecified atom stereocenters. The van der Waals surface area contributed by atoms with Crippen molar-refractivity contribution in [3.8, 4) is 0 Å². The first-order valence-electron chi connectivity index (χ1n) is 8.10. The van der Waals surface area contributed by atoms with Crippen LogP contribution in [-0.4, -0.2) is 35.5 Å². The second kappa shape index (κ2) is 9.00. The molecule has 7 heteroatoms. The molecule has 1 amide bonds. The Balaban J connectivity index is 1.75. The third-order valence-corrected chi connectivity index (χ3v) is 3.75. The first-order chi connectivity index (χ1) is 11.5. The van der Waals surface area contributed by atoms with Gasteiger partial charge in [-0.2, -0.15) is 0 Å². The molecule has 130 valence electrons. The highest BCUT2D eigenvalue weighted by atomic mass is 16.5. The number of carbonyl (C=O) groups is 3. The Hall–Kier alpha value is -2.44. The standard InChI is InChI=1S/C17H22N2O5/c1-12(20)23-11-14-8-7-13(9-18-14)17(22)19-10-16(21)24-15-5-3-2-4-6-15/h7-9,15H,2-6,10-11H2,1H3,(H,19,22). The largest absolute Gasteiger partial charge is 0.461 e. The number of aromatic nitrogens is 1. The van der Waals surface area contributed by atoms with Gasteiger partial charge in [-0.3, -0.25) is 19.4 Å². The fraction of sp³-hybridized carbons (Fsp3) is 0.529. The van der Waals surface area contributed by atoms with Crippen LogP contribution in [0.25, 0.3) is 0 Å². The van der Waals surface area contributed by atoms with Gasteiger partial charge in [-0.05, 0) is 37.8 Å². The molecule has 0 saturated heterocycles. The number of pyridine rings is 1. The van der Waals surface area contributed by atoms with E-state index in [4.69, 9.17) is 9.47 Å². The first kappa shape index (κ1) is 17.9. The summed E-state index contributed by atoms with van der Waals surface area (Å²) >= 11 is 0. The van der Waals surface area contributed by atoms with Crippen molar-refractivity contribution >= 4 is 17.8 Å². The number of carbonyl (C=O) groups excluding carboxylic acids is 3. The average molecular weight is 334 g/mol. The summed E-state index contributed by atoms with van der Waals surface area (Å²) in [7, 11) is 0. The predicted molar refractivity (Wildman–Crippen MR) is 85.0 cm³/mol. The molecule has 1 aliphatic rings. The molecular weight excluding hydrogens is 312 g/mol. The third kappa shape index (κ3) is 5.98. The molecule has 1 aromatic heterocycles. The molecule has 1 N–H and O–H groups in total. The molecule has 24 heavy (non-hydrogen) atoms. The molecule has 1 aromatic rings. The number of hydrogen-bond donors (Lipinski definition) is 1. The molecule has 0 aromatic carbocycles. The van der Waals surface area contributed by atoms with Gasteiger partial charge in [0.2, 0.25) is 0 Å². The van der Waals surface area contributed by atoms with Gasteiger partial charge in [0, 0.05) is 13.1 Å². The van der Waals surface area contributed by atoms with Crippen molar-refractivity contribution in [2.24, 2.45) is 0 Å². The number of rotatable bonds is 6. The predicted octanol–water partition coefficient (Wildman–Crippen LogP) is 1.75. The van der Waals surface area contributed by atoms with E-state index in [0.29, 0.717) is 11.3 Å². The van der Waals surface area contributed by atoms with Gasteiger partial charge in [-0.15, -0.1) is 0 Å². The highest BCUT2D eigenvalue weighted by molar-refractivity contribution is 5.95. The van der Waals surface area contributed by atoms with E-state index in [-0.39, 0.29) is 19.3 Å². The lowest BCUT2D eigenvalue weighted by Crippen LogP contribution is -2.33. The van der Waals surface area contributed by atoms with Gasteiger partial charge in [0.05, 0.1) is 11.3 Å². The third-order valence-electron chi connectivity index (χ3n) is 3.75. The van der Waals surface area contributed by atoms with E-state index in [2.05, 4.69) is 10.3 Å². The molecule has 0 aliphatic heterocycles. The van der Waals surface area contributed by atoms with Gasteiger partial charge in [0.1, 0.15) is 19.3 Å². The molecule has 2 rings (SSSR count). The summed E-state index contributed by atoms with van der Waals surface area (Å²) in [4.78, 5) is 38.5. The van der Waals surface area contributed by atoms with Crippen LogP contribution in [0, 0.1) is 0 Å². The minimum absolute atomic E-state index is 0.0228. The number of ether oxygens (including phenoxy) is 2. The molecule has 7 nitrogen and oxygen atoms in total. The van der Waals surface area contributed by atoms with E-state index in [1.54, 1.807) is 12.1 Å². The molecule has 0 radical (unpaired) electrons. The minimum Gasteiger partial charge on any atom is -0.461 e. The van der Waals surface area contributed by atoms with Crippen LogP contribution in [0.1, 0.15) is 55.1 Å². The number of esters is 2. The number of nitrogens with one attached hydrogen (secondary N) is 1. The lowest BCUT2D eigenvalue weighted by Gasteiger charge is -2.21. The van der Waals surface area contributed by atoms with Crippen LogP contribution in [0.15, 0.2) is 18.3 Å². The fourth-order valence-corrected chi connectivity index (χ4v) is 2.48. The van der Waals surface area contributed by atoms with E-state index >= 15 is 0 Å². The smallest absolute Gasteiger partial charge is 0.325 e. The summed E-state index contributed by atoms with van der Waals surface area (Å²) in [5, 5.41) is 2.52. The first-order valence-corrected chi connectivity index (χ1v) is 8.10. The van der Waals surface area contributed by atoms with Crippen molar-refractivity contribution in [1.29, 1.82) is 0 Å². The van der Waals surface area contributed by atoms with Crippen molar-refractivity contribution in [3.05, 3.63) is 29.6 Å². The molecule has 1 fully saturated rings. The van der Waals surface area contributed by atoms with E-state index in [1.807, 2.05) is 0 Å². The van der Waals surface area contributed by atoms with E-state index < -0.39 is 17.8 Å². The van der Waals surface area contributed by atoms with Crippen LogP contribution >= 0.6 is 0 Å². The normalized spacial score (nSPS) is 14.7. The van der Waals surface area contributed by atoms with Crippen molar-refractivity contribution in [3.63, 3.8) is 0 Å². The van der Waals surface area contributed by atoms with Gasteiger partial charge < -0.3 is 14.8 Å². The maximum Gasteiger partial charge on any atom is 0.325 e. The lowest BCUT2D eigenvalue weighted by atomic mass is 9.98. The Morgan fingerprint density at radius 2 is 1.96 bits per heavy atom. The summed E-state index contributed by atoms with van der Waals surface area (Å²) in [5.74, 6) is -1.22. The van der Waals surface area contributed by atoms with Gasteiger partial charge in [0.15, 0.2) is 0 Å². The highest BCUT2D eigenvalue weighted by Crippen LogP contribution is 2.20. The summed E-state index contributed by atoms with van der Waals surface area (Å²) in [6.07, 6.45) is 6.49. The highest BCUT2D eigenvalue weighted by Gasteiger charge is 2.18. The topological polar surface area (TPSA) is 94.6 Å². The fourth-order valence-electron chi connectivity index (χ4n) is 2.48. The number of amides is 1. The zero-order valence-corrected chi connectivity index (χ0v) is 13.7. The Bertz CT molecular complexity index is 579. The Morgan fingerprint density at radius 1 is 1.21 bits per heavy atom. The zero-order valence-electron chi connectivity index (χ0n) is 13.7. The van der Waals surface area contributed by atoms with E-state index in [9.17, 15) is 14.4 Å². The van der Waals surface area contributed by atoms with Gasteiger partial charge >= 0.3 is 11.9 Å². The van der Waals surface area contributed by atoms with Crippen molar-refractivity contribution in [2.75, 3.05) is 6.54 Å². The van der Waals surface area contributed by atoms with Crippen LogP contribution in [0.4, 0.5) is 0 Å². The van der Waals surface area contributed by atoms with E-state index in [0.717, 1.165) is 25.7 Å². The second-order valence-electron chi connectivity index (χ2n) is 5.75. The molecule has 1 aliphatic carbocycles. The van der Waals surface area contributed by atoms with Crippen LogP contribution in [0.5, 0.6) is 0 Å². The molecule has 0 atom stereocenters. The van der Waals surface area contributed by atoms with Crippen molar-refractivity contribution < 1.29 is 23.9 Å². The van der Waals surface area contributed by atoms with Crippen LogP contribution < -0.4 is 5.32 Å². The quantitative estimate of drug-likeness (QED) is 0.797. The monoisotopic (exact) mass is 334 g/mol. The minimum atomic E-state index is -0.422. The van der Waals surface area contributed by atoms with Gasteiger partial charge in [-0.25, -0.2) is 0 Å². The summed E-state index contributed by atoms with van der Waals surface area (Å²) in [5.41, 5.74) is 0.866. The average Bonchev–Trinajstić information content (AvgIpc) is 2.59. The SMILES string of the molecule is CC(=O)OCc1ccc(C(=O)NCC(=O)OC2CCCCC2)cn1. The van der Waals surface area contributed by atoms with E-state index in [1.165, 1.54) is 19.5 Å². The van der Waals surface area contributed by atoms with Gasteiger partial charge in [-0.1, -0.05) is 6.42 Å². The second-order valence-corrected chi connectivity index (χ2v) is 5.75. The molecule has 0 spiro atoms. The summed E-state index contributed by atoms with van der Waals surface area (Å²) < 4.78 is 10.1. The molecule has 0 bridgehead atoms. The zero-order chi connectivity index (χ0) is 17.4. The maximum atomic E-state index is 12.0. The van der Waals surface area contributed by atoms with Gasteiger partial charge in [0.25, 0.3) is 5.91 Å². The number of hydrogen-bond acceptors (Lipinski definition) is 6. The van der Waals surface area contributed by atoms with Crippen LogP contribution in [-0.2, 0) is 25.7 Å². The molecule has 1 saturated carbocycles. The summed E-state index contributed by atoms with van der Waals surface area (Å²) in [6.45, 7) is 1.21. The lowest BCUT2D eigenvalue weighted by molar-refractivity contribution is -0.149. The Labute approximate surface area is 140 Å². The Kier molecular flexibility index (Phi) is 6.72. The number of nitrogens with zero attached hydrogens (tertiary/aromatic N) is 1. The maximum absolute atomic E-state index is 12.0. The van der Waals surface area contributed by atoms with Crippen molar-refractivity contribution in [1.82, 2.24) is 10.3 Å². The Morgan fingerprint density at radius 3 is 2.58 bits per heavy atom. The molecular formula is C17H22N2O5. The van der Waals surface area contributed by atoms with Crippen LogP contribution in [0.2, 0.25) is 0 Å². The molecule has 1 heterocycles. The van der Waals surface area contributed by atoms with Crippen LogP contribution in [0.3, 0.4) is 0 Å².